The van der Waals surface area contributed by atoms with Crippen molar-refractivity contribution >= 4 is 0 Å². The van der Waals surface area contributed by atoms with Crippen LogP contribution in [-0.2, 0) is 0 Å². The summed E-state index contributed by atoms with van der Waals surface area (Å²) in [6.45, 7) is 7.21. The number of ether oxygens (including phenoxy) is 1. The van der Waals surface area contributed by atoms with Gasteiger partial charge in [-0.1, -0.05) is 25.1 Å². The van der Waals surface area contributed by atoms with Crippen LogP contribution in [0.3, 0.4) is 0 Å². The molecule has 0 aliphatic carbocycles. The summed E-state index contributed by atoms with van der Waals surface area (Å²) in [6.07, 6.45) is 1.26. The van der Waals surface area contributed by atoms with Gasteiger partial charge in [-0.05, 0) is 44.1 Å². The van der Waals surface area contributed by atoms with E-state index in [1.807, 2.05) is 30.3 Å². The van der Waals surface area contributed by atoms with Crippen LogP contribution >= 0.6 is 0 Å². The second-order valence-corrected chi connectivity index (χ2v) is 5.06. The van der Waals surface area contributed by atoms with Crippen molar-refractivity contribution in [2.24, 2.45) is 17.6 Å². The van der Waals surface area contributed by atoms with Gasteiger partial charge in [0.2, 0.25) is 0 Å². The fourth-order valence-electron chi connectivity index (χ4n) is 2.65. The highest BCUT2D eigenvalue weighted by Gasteiger charge is 2.28. The van der Waals surface area contributed by atoms with Gasteiger partial charge in [0.25, 0.3) is 0 Å². The van der Waals surface area contributed by atoms with Crippen molar-refractivity contribution in [3.05, 3.63) is 30.3 Å². The summed E-state index contributed by atoms with van der Waals surface area (Å²) in [5.74, 6) is 2.11. The maximum Gasteiger partial charge on any atom is 0.119 e. The van der Waals surface area contributed by atoms with E-state index >= 15 is 0 Å². The molecule has 100 valence electrons. The minimum absolute atomic E-state index is 0.474. The first-order valence-electron chi connectivity index (χ1n) is 6.93. The number of hydrogen-bond donors (Lipinski definition) is 1. The summed E-state index contributed by atoms with van der Waals surface area (Å²) in [6, 6.07) is 10.0. The number of rotatable bonds is 6. The zero-order valence-electron chi connectivity index (χ0n) is 11.2. The zero-order chi connectivity index (χ0) is 12.8. The lowest BCUT2D eigenvalue weighted by atomic mass is 9.92. The summed E-state index contributed by atoms with van der Waals surface area (Å²) >= 11 is 0. The molecule has 1 aromatic rings. The largest absolute Gasteiger partial charge is 0.493 e. The topological polar surface area (TPSA) is 38.5 Å². The van der Waals surface area contributed by atoms with E-state index in [-0.39, 0.29) is 0 Å². The summed E-state index contributed by atoms with van der Waals surface area (Å²) < 4.78 is 5.84. The minimum atomic E-state index is 0.474. The Balaban J connectivity index is 1.83. The number of nitrogens with zero attached hydrogens (tertiary/aromatic N) is 1. The Labute approximate surface area is 110 Å². The van der Waals surface area contributed by atoms with Crippen molar-refractivity contribution in [1.29, 1.82) is 0 Å². The fourth-order valence-corrected chi connectivity index (χ4v) is 2.65. The van der Waals surface area contributed by atoms with E-state index in [0.717, 1.165) is 25.4 Å². The van der Waals surface area contributed by atoms with E-state index in [2.05, 4.69) is 11.8 Å². The molecular weight excluding hydrogens is 224 g/mol. The van der Waals surface area contributed by atoms with E-state index in [4.69, 9.17) is 10.5 Å². The van der Waals surface area contributed by atoms with E-state index in [0.29, 0.717) is 11.8 Å². The first-order valence-corrected chi connectivity index (χ1v) is 6.93. The van der Waals surface area contributed by atoms with Crippen LogP contribution in [0, 0.1) is 11.8 Å². The Morgan fingerprint density at radius 2 is 2.17 bits per heavy atom. The molecule has 1 heterocycles. The van der Waals surface area contributed by atoms with Gasteiger partial charge < -0.3 is 15.4 Å². The lowest BCUT2D eigenvalue weighted by Crippen LogP contribution is -2.31. The molecule has 3 nitrogen and oxygen atoms in total. The first-order chi connectivity index (χ1) is 8.83. The summed E-state index contributed by atoms with van der Waals surface area (Å²) in [7, 11) is 0. The maximum atomic E-state index is 5.91. The molecular formula is C15H24N2O. The molecule has 1 fully saturated rings. The van der Waals surface area contributed by atoms with E-state index in [1.165, 1.54) is 19.5 Å². The van der Waals surface area contributed by atoms with Gasteiger partial charge in [0.1, 0.15) is 5.75 Å². The van der Waals surface area contributed by atoms with E-state index < -0.39 is 0 Å². The van der Waals surface area contributed by atoms with Crippen molar-refractivity contribution in [3.63, 3.8) is 0 Å². The van der Waals surface area contributed by atoms with Crippen LogP contribution in [0.2, 0.25) is 0 Å². The molecule has 2 rings (SSSR count). The van der Waals surface area contributed by atoms with Crippen LogP contribution in [0.4, 0.5) is 0 Å². The molecule has 0 bridgehead atoms. The Kier molecular flexibility index (Phi) is 5.02. The highest BCUT2D eigenvalue weighted by atomic mass is 16.5. The van der Waals surface area contributed by atoms with Crippen molar-refractivity contribution in [3.8, 4) is 5.75 Å². The lowest BCUT2D eigenvalue weighted by Gasteiger charge is -2.22. The number of likely N-dealkylation sites (tertiary alicyclic amines) is 1. The average Bonchev–Trinajstić information content (AvgIpc) is 2.89. The van der Waals surface area contributed by atoms with Crippen LogP contribution in [0.25, 0.3) is 0 Å². The van der Waals surface area contributed by atoms with Gasteiger partial charge in [0.15, 0.2) is 0 Å². The van der Waals surface area contributed by atoms with Crippen LogP contribution in [0.1, 0.15) is 13.3 Å². The van der Waals surface area contributed by atoms with Gasteiger partial charge in [-0.2, -0.15) is 0 Å². The third-order valence-corrected chi connectivity index (χ3v) is 3.93. The van der Waals surface area contributed by atoms with Crippen LogP contribution in [-0.4, -0.2) is 37.7 Å². The molecule has 1 saturated heterocycles. The molecule has 2 unspecified atom stereocenters. The molecule has 2 N–H and O–H groups in total. The van der Waals surface area contributed by atoms with Gasteiger partial charge in [-0.25, -0.2) is 0 Å². The highest BCUT2D eigenvalue weighted by molar-refractivity contribution is 5.20. The molecule has 1 aromatic carbocycles. The quantitative estimate of drug-likeness (QED) is 0.836. The fraction of sp³-hybridized carbons (Fsp3) is 0.600. The minimum Gasteiger partial charge on any atom is -0.493 e. The van der Waals surface area contributed by atoms with Crippen LogP contribution < -0.4 is 10.5 Å². The van der Waals surface area contributed by atoms with Crippen LogP contribution in [0.15, 0.2) is 30.3 Å². The molecule has 0 radical (unpaired) electrons. The smallest absolute Gasteiger partial charge is 0.119 e. The standard InChI is InChI=1S/C15H24N2O/c1-2-17-9-8-13(11-17)14(10-16)12-18-15-6-4-3-5-7-15/h3-7,13-14H,2,8-12,16H2,1H3. The van der Waals surface area contributed by atoms with E-state index in [9.17, 15) is 0 Å². The van der Waals surface area contributed by atoms with Crippen molar-refractivity contribution < 1.29 is 4.74 Å². The molecule has 2 atom stereocenters. The summed E-state index contributed by atoms with van der Waals surface area (Å²) in [5.41, 5.74) is 5.91. The SMILES string of the molecule is CCN1CCC(C(CN)COc2ccccc2)C1. The Bertz CT molecular complexity index is 342. The number of benzene rings is 1. The number of hydrogen-bond acceptors (Lipinski definition) is 3. The predicted octanol–water partition coefficient (Wildman–Crippen LogP) is 1.98. The first kappa shape index (κ1) is 13.4. The molecule has 0 aromatic heterocycles. The number of nitrogens with two attached hydrogens (primary N) is 1. The number of para-hydroxylation sites is 1. The highest BCUT2D eigenvalue weighted by Crippen LogP contribution is 2.24. The molecule has 0 saturated carbocycles. The van der Waals surface area contributed by atoms with E-state index in [1.54, 1.807) is 0 Å². The zero-order valence-corrected chi connectivity index (χ0v) is 11.2. The second kappa shape index (κ2) is 6.76. The molecule has 0 spiro atoms. The Hall–Kier alpha value is -1.06. The molecule has 0 amide bonds. The second-order valence-electron chi connectivity index (χ2n) is 5.06. The normalized spacial score (nSPS) is 22.0. The molecule has 18 heavy (non-hydrogen) atoms. The van der Waals surface area contributed by atoms with Crippen LogP contribution in [0.5, 0.6) is 5.75 Å². The monoisotopic (exact) mass is 248 g/mol. The predicted molar refractivity (Wildman–Crippen MR) is 74.7 cm³/mol. The van der Waals surface area contributed by atoms with Gasteiger partial charge in [0, 0.05) is 12.5 Å². The maximum absolute atomic E-state index is 5.91. The third kappa shape index (κ3) is 3.47. The Morgan fingerprint density at radius 1 is 1.39 bits per heavy atom. The van der Waals surface area contributed by atoms with Gasteiger partial charge in [0.05, 0.1) is 6.61 Å². The average molecular weight is 248 g/mol. The Morgan fingerprint density at radius 3 is 2.78 bits per heavy atom. The van der Waals surface area contributed by atoms with Crippen molar-refractivity contribution in [2.75, 3.05) is 32.8 Å². The van der Waals surface area contributed by atoms with Crippen molar-refractivity contribution in [2.45, 2.75) is 13.3 Å². The van der Waals surface area contributed by atoms with Crippen molar-refractivity contribution in [1.82, 2.24) is 4.90 Å². The molecule has 1 aliphatic rings. The summed E-state index contributed by atoms with van der Waals surface area (Å²) in [5, 5.41) is 0. The lowest BCUT2D eigenvalue weighted by molar-refractivity contribution is 0.196. The molecule has 3 heteroatoms. The summed E-state index contributed by atoms with van der Waals surface area (Å²) in [4.78, 5) is 2.50. The third-order valence-electron chi connectivity index (χ3n) is 3.93. The van der Waals surface area contributed by atoms with Gasteiger partial charge in [-0.15, -0.1) is 0 Å². The molecule has 1 aliphatic heterocycles. The van der Waals surface area contributed by atoms with Gasteiger partial charge in [-0.3, -0.25) is 0 Å². The van der Waals surface area contributed by atoms with Gasteiger partial charge >= 0.3 is 0 Å².